The monoisotopic (exact) mass is 416 g/mol. The Bertz CT molecular complexity index is 671. The van der Waals surface area contributed by atoms with Crippen molar-refractivity contribution in [1.29, 1.82) is 0 Å². The number of ether oxygens (including phenoxy) is 2. The average molecular weight is 416 g/mol. The number of nitrogens with zero attached hydrogens (tertiary/aromatic N) is 1. The number of nitrogens with one attached hydrogen (secondary N) is 1. The van der Waals surface area contributed by atoms with Crippen LogP contribution in [0.5, 0.6) is 5.75 Å². The van der Waals surface area contributed by atoms with E-state index in [0.717, 1.165) is 19.8 Å². The Morgan fingerprint density at radius 1 is 1.36 bits per heavy atom. The van der Waals surface area contributed by atoms with Crippen LogP contribution >= 0.6 is 22.6 Å². The van der Waals surface area contributed by atoms with Crippen molar-refractivity contribution in [2.24, 2.45) is 0 Å². The van der Waals surface area contributed by atoms with Crippen molar-refractivity contribution in [3.05, 3.63) is 33.0 Å². The maximum Gasteiger partial charge on any atom is 0.329 e. The van der Waals surface area contributed by atoms with E-state index in [4.69, 9.17) is 4.74 Å². The van der Waals surface area contributed by atoms with E-state index in [1.165, 1.54) is 7.11 Å². The molecule has 116 valence electrons. The largest absolute Gasteiger partial charge is 0.496 e. The Labute approximate surface area is 140 Å². The Balaban J connectivity index is 2.22. The molecule has 22 heavy (non-hydrogen) atoms. The molecule has 0 saturated carbocycles. The first kappa shape index (κ1) is 16.3. The number of hydrogen-bond acceptors (Lipinski definition) is 5. The first-order valence-electron chi connectivity index (χ1n) is 6.21. The summed E-state index contributed by atoms with van der Waals surface area (Å²) < 4.78 is 10.5. The van der Waals surface area contributed by atoms with E-state index < -0.39 is 24.5 Å². The van der Waals surface area contributed by atoms with Crippen molar-refractivity contribution in [2.45, 2.75) is 0 Å². The normalized spacial score (nSPS) is 16.0. The number of amides is 3. The molecule has 1 heterocycles. The van der Waals surface area contributed by atoms with E-state index in [-0.39, 0.29) is 5.70 Å². The van der Waals surface area contributed by atoms with Crippen molar-refractivity contribution in [2.75, 3.05) is 20.8 Å². The third-order valence-electron chi connectivity index (χ3n) is 2.96. The molecule has 1 fully saturated rings. The van der Waals surface area contributed by atoms with Gasteiger partial charge in [0, 0.05) is 0 Å². The van der Waals surface area contributed by atoms with E-state index in [9.17, 15) is 14.4 Å². The van der Waals surface area contributed by atoms with Crippen LogP contribution in [-0.2, 0) is 14.3 Å². The van der Waals surface area contributed by atoms with Gasteiger partial charge in [0.15, 0.2) is 0 Å². The van der Waals surface area contributed by atoms with Crippen LogP contribution in [0.4, 0.5) is 4.79 Å². The molecule has 0 unspecified atom stereocenters. The van der Waals surface area contributed by atoms with Crippen molar-refractivity contribution < 1.29 is 23.9 Å². The maximum absolute atomic E-state index is 12.1. The fourth-order valence-electron chi connectivity index (χ4n) is 1.85. The van der Waals surface area contributed by atoms with Crippen LogP contribution in [0.25, 0.3) is 6.08 Å². The van der Waals surface area contributed by atoms with E-state index in [2.05, 4.69) is 32.6 Å². The number of imide groups is 1. The lowest BCUT2D eigenvalue weighted by atomic mass is 10.2. The molecule has 1 N–H and O–H groups in total. The van der Waals surface area contributed by atoms with Crippen molar-refractivity contribution in [1.82, 2.24) is 10.2 Å². The smallest absolute Gasteiger partial charge is 0.329 e. The number of benzene rings is 1. The van der Waals surface area contributed by atoms with Gasteiger partial charge in [-0.25, -0.2) is 9.69 Å². The Morgan fingerprint density at radius 2 is 2.09 bits per heavy atom. The van der Waals surface area contributed by atoms with Crippen LogP contribution in [0.2, 0.25) is 0 Å². The zero-order valence-electron chi connectivity index (χ0n) is 11.9. The highest BCUT2D eigenvalue weighted by Crippen LogP contribution is 2.23. The van der Waals surface area contributed by atoms with Crippen LogP contribution in [0.1, 0.15) is 5.56 Å². The van der Waals surface area contributed by atoms with Gasteiger partial charge in [-0.1, -0.05) is 6.07 Å². The van der Waals surface area contributed by atoms with Gasteiger partial charge in [0.25, 0.3) is 5.91 Å². The zero-order chi connectivity index (χ0) is 16.3. The SMILES string of the molecule is COC(=O)CN1C(=O)NC(=Cc2ccc(OC)c(I)c2)C1=O. The Hall–Kier alpha value is -2.10. The summed E-state index contributed by atoms with van der Waals surface area (Å²) in [4.78, 5) is 35.9. The van der Waals surface area contributed by atoms with Gasteiger partial charge in [0.05, 0.1) is 17.8 Å². The zero-order valence-corrected chi connectivity index (χ0v) is 14.0. The highest BCUT2D eigenvalue weighted by Gasteiger charge is 2.35. The van der Waals surface area contributed by atoms with Gasteiger partial charge < -0.3 is 14.8 Å². The highest BCUT2D eigenvalue weighted by atomic mass is 127. The summed E-state index contributed by atoms with van der Waals surface area (Å²) >= 11 is 2.11. The number of carbonyl (C=O) groups is 3. The quantitative estimate of drug-likeness (QED) is 0.347. The number of hydrogen-bond donors (Lipinski definition) is 1. The van der Waals surface area contributed by atoms with Crippen LogP contribution in [-0.4, -0.2) is 43.6 Å². The first-order valence-corrected chi connectivity index (χ1v) is 7.29. The molecule has 1 aromatic carbocycles. The molecule has 2 rings (SSSR count). The lowest BCUT2D eigenvalue weighted by Crippen LogP contribution is -2.36. The second-order valence-corrected chi connectivity index (χ2v) is 5.51. The maximum atomic E-state index is 12.1. The van der Waals surface area contributed by atoms with Crippen LogP contribution < -0.4 is 10.1 Å². The lowest BCUT2D eigenvalue weighted by Gasteiger charge is -2.09. The summed E-state index contributed by atoms with van der Waals surface area (Å²) in [5, 5.41) is 2.44. The van der Waals surface area contributed by atoms with Crippen molar-refractivity contribution >= 4 is 46.6 Å². The number of urea groups is 1. The van der Waals surface area contributed by atoms with Gasteiger partial charge in [-0.05, 0) is 46.4 Å². The van der Waals surface area contributed by atoms with Gasteiger partial charge in [0.2, 0.25) is 0 Å². The van der Waals surface area contributed by atoms with Crippen molar-refractivity contribution in [3.8, 4) is 5.75 Å². The highest BCUT2D eigenvalue weighted by molar-refractivity contribution is 14.1. The molecule has 1 saturated heterocycles. The fraction of sp³-hybridized carbons (Fsp3) is 0.214. The predicted octanol–water partition coefficient (Wildman–Crippen LogP) is 1.37. The Morgan fingerprint density at radius 3 is 2.68 bits per heavy atom. The second-order valence-electron chi connectivity index (χ2n) is 4.35. The molecular formula is C14H13IN2O5. The minimum atomic E-state index is -0.663. The number of halogens is 1. The standard InChI is InChI=1S/C14H13IN2O5/c1-21-11-4-3-8(5-9(11)15)6-10-13(19)17(14(20)16-10)7-12(18)22-2/h3-6H,7H2,1-2H3,(H,16,20). The summed E-state index contributed by atoms with van der Waals surface area (Å²) in [6, 6.07) is 4.69. The molecule has 1 aliphatic rings. The van der Waals surface area contributed by atoms with Crippen LogP contribution in [0.3, 0.4) is 0 Å². The van der Waals surface area contributed by atoms with Crippen LogP contribution in [0.15, 0.2) is 23.9 Å². The summed E-state index contributed by atoms with van der Waals surface area (Å²) in [6.07, 6.45) is 1.54. The average Bonchev–Trinajstić information content (AvgIpc) is 2.75. The van der Waals surface area contributed by atoms with Gasteiger partial charge >= 0.3 is 12.0 Å². The van der Waals surface area contributed by atoms with Gasteiger partial charge in [-0.3, -0.25) is 9.59 Å². The third-order valence-corrected chi connectivity index (χ3v) is 3.81. The molecule has 1 aromatic rings. The lowest BCUT2D eigenvalue weighted by molar-refractivity contribution is -0.143. The molecule has 8 heteroatoms. The molecule has 0 bridgehead atoms. The first-order chi connectivity index (χ1) is 10.5. The molecule has 1 aliphatic heterocycles. The summed E-state index contributed by atoms with van der Waals surface area (Å²) in [5.74, 6) is -0.512. The minimum Gasteiger partial charge on any atom is -0.496 e. The molecule has 3 amide bonds. The number of carbonyl (C=O) groups excluding carboxylic acids is 3. The van der Waals surface area contributed by atoms with Crippen molar-refractivity contribution in [3.63, 3.8) is 0 Å². The van der Waals surface area contributed by atoms with E-state index >= 15 is 0 Å². The topological polar surface area (TPSA) is 84.9 Å². The van der Waals surface area contributed by atoms with Gasteiger partial charge in [-0.2, -0.15) is 0 Å². The summed E-state index contributed by atoms with van der Waals surface area (Å²) in [7, 11) is 2.76. The molecule has 0 spiro atoms. The number of rotatable bonds is 4. The van der Waals surface area contributed by atoms with Gasteiger partial charge in [0.1, 0.15) is 18.0 Å². The summed E-state index contributed by atoms with van der Waals surface area (Å²) in [5.41, 5.74) is 0.837. The fourth-order valence-corrected chi connectivity index (χ4v) is 2.61. The molecule has 0 aromatic heterocycles. The summed E-state index contributed by atoms with van der Waals surface area (Å²) in [6.45, 7) is -0.418. The number of esters is 1. The van der Waals surface area contributed by atoms with E-state index in [1.54, 1.807) is 25.3 Å². The predicted molar refractivity (Wildman–Crippen MR) is 85.9 cm³/mol. The van der Waals surface area contributed by atoms with E-state index in [1.807, 2.05) is 6.07 Å². The second kappa shape index (κ2) is 6.77. The van der Waals surface area contributed by atoms with E-state index in [0.29, 0.717) is 0 Å². The van der Waals surface area contributed by atoms with Gasteiger partial charge in [-0.15, -0.1) is 0 Å². The molecule has 7 nitrogen and oxygen atoms in total. The molecule has 0 radical (unpaired) electrons. The third kappa shape index (κ3) is 3.38. The number of methoxy groups -OCH3 is 2. The molecule has 0 atom stereocenters. The Kier molecular flexibility index (Phi) is 5.01. The minimum absolute atomic E-state index is 0.106. The molecular weight excluding hydrogens is 403 g/mol. The van der Waals surface area contributed by atoms with Crippen LogP contribution in [0, 0.1) is 3.57 Å². The molecule has 0 aliphatic carbocycles.